The SMILES string of the molecule is CC(CSCCC(=O)O[I-]C(=O)CCSCC(C)C(=O)ON)C(=O)ON. The van der Waals surface area contributed by atoms with Gasteiger partial charge >= 0.3 is 172 Å². The van der Waals surface area contributed by atoms with Gasteiger partial charge in [0.05, 0.1) is 0 Å². The molecule has 0 heterocycles. The molecule has 9 nitrogen and oxygen atoms in total. The molecule has 0 aliphatic rings. The Morgan fingerprint density at radius 3 is 1.81 bits per heavy atom. The summed E-state index contributed by atoms with van der Waals surface area (Å²) in [7, 11) is 0. The molecule has 2 unspecified atom stereocenters. The van der Waals surface area contributed by atoms with Crippen LogP contribution in [0.1, 0.15) is 26.7 Å². The molecule has 12 heteroatoms. The Morgan fingerprint density at radius 1 is 0.885 bits per heavy atom. The molecule has 152 valence electrons. The van der Waals surface area contributed by atoms with Crippen molar-refractivity contribution in [1.29, 1.82) is 0 Å². The molecule has 0 radical (unpaired) electrons. The molecule has 0 fully saturated rings. The third kappa shape index (κ3) is 12.7. The molecule has 4 N–H and O–H groups in total. The summed E-state index contributed by atoms with van der Waals surface area (Å²) in [6.45, 7) is 3.37. The van der Waals surface area contributed by atoms with Gasteiger partial charge in [-0.3, -0.25) is 0 Å². The van der Waals surface area contributed by atoms with Gasteiger partial charge in [-0.1, -0.05) is 0 Å². The predicted octanol–water partition coefficient (Wildman–Crippen LogP) is -2.59. The van der Waals surface area contributed by atoms with E-state index in [2.05, 4.69) is 9.68 Å². The fourth-order valence-electron chi connectivity index (χ4n) is 1.36. The van der Waals surface area contributed by atoms with Crippen LogP contribution in [-0.2, 0) is 31.9 Å². The van der Waals surface area contributed by atoms with Gasteiger partial charge < -0.3 is 0 Å². The van der Waals surface area contributed by atoms with E-state index in [1.807, 2.05) is 0 Å². The van der Waals surface area contributed by atoms with Gasteiger partial charge in [0.15, 0.2) is 0 Å². The van der Waals surface area contributed by atoms with Crippen molar-refractivity contribution in [3.63, 3.8) is 0 Å². The fourth-order valence-corrected chi connectivity index (χ4v) is 4.88. The van der Waals surface area contributed by atoms with Crippen LogP contribution in [0, 0.1) is 11.8 Å². The summed E-state index contributed by atoms with van der Waals surface area (Å²) in [4.78, 5) is 53.7. The average molecular weight is 523 g/mol. The van der Waals surface area contributed by atoms with Crippen LogP contribution in [-0.4, -0.2) is 44.7 Å². The Kier molecular flexibility index (Phi) is 15.1. The summed E-state index contributed by atoms with van der Waals surface area (Å²) in [6.07, 6.45) is 0.471. The van der Waals surface area contributed by atoms with Gasteiger partial charge in [-0.05, 0) is 0 Å². The van der Waals surface area contributed by atoms with E-state index < -0.39 is 39.5 Å². The van der Waals surface area contributed by atoms with Gasteiger partial charge in [-0.25, -0.2) is 0 Å². The Morgan fingerprint density at radius 2 is 1.35 bits per heavy atom. The van der Waals surface area contributed by atoms with Crippen molar-refractivity contribution in [2.75, 3.05) is 23.0 Å². The van der Waals surface area contributed by atoms with E-state index in [1.165, 1.54) is 23.5 Å². The van der Waals surface area contributed by atoms with Crippen molar-refractivity contribution >= 4 is 45.2 Å². The molecule has 0 rings (SSSR count). The predicted molar refractivity (Wildman–Crippen MR) is 93.9 cm³/mol. The Balaban J connectivity index is 3.68. The van der Waals surface area contributed by atoms with Gasteiger partial charge in [-0.15, -0.1) is 0 Å². The standard InChI is InChI=1S/C14H24IN2O7S2/c1-9(13(20)23-16)7-25-5-3-11(18)15-22-12(19)4-6-26-8-10(2)14(21)24-17/h9-10H,3-8,16-17H2,1-2H3/q-1. The van der Waals surface area contributed by atoms with Gasteiger partial charge in [0.1, 0.15) is 0 Å². The van der Waals surface area contributed by atoms with Crippen LogP contribution in [0.15, 0.2) is 0 Å². The molecule has 0 aromatic heterocycles. The summed E-state index contributed by atoms with van der Waals surface area (Å²) in [5.74, 6) is 9.52. The van der Waals surface area contributed by atoms with Crippen LogP contribution in [0.25, 0.3) is 0 Å². The molecule has 0 aromatic rings. The first-order valence-electron chi connectivity index (χ1n) is 7.65. The molecular formula is C14H24IN2O7S2-. The molecule has 0 spiro atoms. The van der Waals surface area contributed by atoms with Crippen LogP contribution in [0.4, 0.5) is 0 Å². The fraction of sp³-hybridized carbons (Fsp3) is 0.714. The molecule has 0 amide bonds. The summed E-state index contributed by atoms with van der Waals surface area (Å²) in [6, 6.07) is 0. The normalized spacial score (nSPS) is 12.9. The number of nitrogens with two attached hydrogens (primary N) is 2. The summed E-state index contributed by atoms with van der Waals surface area (Å²) < 4.78 is 4.93. The van der Waals surface area contributed by atoms with Gasteiger partial charge in [0.25, 0.3) is 0 Å². The van der Waals surface area contributed by atoms with Gasteiger partial charge in [0.2, 0.25) is 0 Å². The maximum atomic E-state index is 11.7. The summed E-state index contributed by atoms with van der Waals surface area (Å²) in [5, 5.41) is 0. The monoisotopic (exact) mass is 523 g/mol. The maximum absolute atomic E-state index is 11.7. The van der Waals surface area contributed by atoms with Gasteiger partial charge in [0, 0.05) is 0 Å². The van der Waals surface area contributed by atoms with E-state index in [9.17, 15) is 19.2 Å². The van der Waals surface area contributed by atoms with E-state index >= 15 is 0 Å². The van der Waals surface area contributed by atoms with Crippen LogP contribution < -0.4 is 33.4 Å². The number of halogens is 1. The van der Waals surface area contributed by atoms with E-state index in [0.717, 1.165) is 0 Å². The van der Waals surface area contributed by atoms with E-state index in [1.54, 1.807) is 13.8 Å². The number of carbonyl (C=O) groups excluding carboxylic acids is 4. The third-order valence-electron chi connectivity index (χ3n) is 2.88. The second-order valence-corrected chi connectivity index (χ2v) is 9.59. The van der Waals surface area contributed by atoms with E-state index in [-0.39, 0.29) is 22.0 Å². The second kappa shape index (κ2) is 15.5. The minimum atomic E-state index is -1.29. The molecule has 0 saturated carbocycles. The van der Waals surface area contributed by atoms with Crippen LogP contribution >= 0.6 is 23.5 Å². The van der Waals surface area contributed by atoms with Crippen molar-refractivity contribution in [1.82, 2.24) is 0 Å². The quantitative estimate of drug-likeness (QED) is 0.107. The first-order valence-corrected chi connectivity index (χ1v) is 11.9. The van der Waals surface area contributed by atoms with Crippen molar-refractivity contribution in [3.05, 3.63) is 0 Å². The second-order valence-electron chi connectivity index (χ2n) is 5.21. The van der Waals surface area contributed by atoms with E-state index in [4.69, 9.17) is 14.9 Å². The Hall–Kier alpha value is -0.570. The van der Waals surface area contributed by atoms with Crippen LogP contribution in [0.3, 0.4) is 0 Å². The first-order chi connectivity index (χ1) is 12.3. The molecule has 0 saturated heterocycles. The molecule has 26 heavy (non-hydrogen) atoms. The number of rotatable bonds is 14. The third-order valence-corrected chi connectivity index (χ3v) is 7.08. The Labute approximate surface area is 171 Å². The number of carbonyl (C=O) groups is 4. The zero-order valence-electron chi connectivity index (χ0n) is 14.6. The minimum absolute atomic E-state index is 0.0781. The zero-order chi connectivity index (χ0) is 19.9. The van der Waals surface area contributed by atoms with Crippen molar-refractivity contribution < 1.29 is 53.5 Å². The zero-order valence-corrected chi connectivity index (χ0v) is 18.4. The van der Waals surface area contributed by atoms with Gasteiger partial charge in [-0.2, -0.15) is 0 Å². The van der Waals surface area contributed by atoms with Crippen LogP contribution in [0.5, 0.6) is 0 Å². The van der Waals surface area contributed by atoms with Crippen molar-refractivity contribution in [3.8, 4) is 0 Å². The molecule has 0 aliphatic carbocycles. The van der Waals surface area contributed by atoms with E-state index in [0.29, 0.717) is 29.4 Å². The molecule has 0 bridgehead atoms. The molecule has 0 aromatic carbocycles. The average Bonchev–Trinajstić information content (AvgIpc) is 2.64. The molecular weight excluding hydrogens is 499 g/mol. The van der Waals surface area contributed by atoms with Crippen LogP contribution in [0.2, 0.25) is 0 Å². The number of hydrogen-bond acceptors (Lipinski definition) is 11. The number of hydrogen-bond donors (Lipinski definition) is 2. The molecule has 2 atom stereocenters. The topological polar surface area (TPSA) is 148 Å². The summed E-state index contributed by atoms with van der Waals surface area (Å²) >= 11 is 1.56. The summed E-state index contributed by atoms with van der Waals surface area (Å²) in [5.41, 5.74) is 0. The van der Waals surface area contributed by atoms with Crippen molar-refractivity contribution in [2.45, 2.75) is 26.7 Å². The number of thioether (sulfide) groups is 2. The molecule has 0 aliphatic heterocycles. The first kappa shape index (κ1) is 25.4. The van der Waals surface area contributed by atoms with Crippen molar-refractivity contribution in [2.24, 2.45) is 23.6 Å². The Bertz CT molecular complexity index is 440.